The smallest absolute Gasteiger partial charge is 0.0624 e. The highest BCUT2D eigenvalue weighted by molar-refractivity contribution is 9.10. The van der Waals surface area contributed by atoms with Gasteiger partial charge in [0, 0.05) is 23.1 Å². The largest absolute Gasteiger partial charge is 0.349 e. The summed E-state index contributed by atoms with van der Waals surface area (Å²) in [5.41, 5.74) is 2.74. The number of hydrogen-bond acceptors (Lipinski definition) is 1. The van der Waals surface area contributed by atoms with Crippen LogP contribution in [-0.2, 0) is 13.5 Å². The van der Waals surface area contributed by atoms with Crippen LogP contribution < -0.4 is 5.32 Å². The predicted octanol–water partition coefficient (Wildman–Crippen LogP) is 3.48. The molecule has 1 aromatic heterocycles. The Bertz CT molecular complexity index is 502. The lowest BCUT2D eigenvalue weighted by Crippen LogP contribution is -2.14. The van der Waals surface area contributed by atoms with E-state index < -0.39 is 0 Å². The van der Waals surface area contributed by atoms with Gasteiger partial charge in [-0.3, -0.25) is 0 Å². The average molecular weight is 295 g/mol. The molecule has 3 heteroatoms. The van der Waals surface area contributed by atoms with Gasteiger partial charge in [-0.05, 0) is 53.5 Å². The van der Waals surface area contributed by atoms with Gasteiger partial charge in [-0.25, -0.2) is 0 Å². The molecule has 0 unspecified atom stereocenters. The van der Waals surface area contributed by atoms with Crippen LogP contribution in [-0.4, -0.2) is 17.7 Å². The van der Waals surface area contributed by atoms with Gasteiger partial charge < -0.3 is 9.88 Å². The standard InChI is InChI=1S/C14H19BrN2/c1-3-16-9-5-6-11-10-17(2)14-12(11)7-4-8-13(14)15/h4,7-8,10,16H,3,5-6,9H2,1-2H3. The molecule has 0 atom stereocenters. The molecule has 0 fully saturated rings. The number of halogens is 1. The summed E-state index contributed by atoms with van der Waals surface area (Å²) in [5, 5.41) is 4.74. The Morgan fingerprint density at radius 2 is 2.18 bits per heavy atom. The van der Waals surface area contributed by atoms with Crippen LogP contribution in [0.25, 0.3) is 10.9 Å². The van der Waals surface area contributed by atoms with E-state index in [9.17, 15) is 0 Å². The fraction of sp³-hybridized carbons (Fsp3) is 0.429. The molecule has 2 aromatic rings. The van der Waals surface area contributed by atoms with Crippen LogP contribution in [0.4, 0.5) is 0 Å². The molecule has 92 valence electrons. The summed E-state index contributed by atoms with van der Waals surface area (Å²) in [4.78, 5) is 0. The van der Waals surface area contributed by atoms with Crippen molar-refractivity contribution in [3.8, 4) is 0 Å². The van der Waals surface area contributed by atoms with Gasteiger partial charge in [0.25, 0.3) is 0 Å². The zero-order valence-corrected chi connectivity index (χ0v) is 12.0. The monoisotopic (exact) mass is 294 g/mol. The second-order valence-corrected chi connectivity index (χ2v) is 5.21. The Balaban J connectivity index is 2.21. The number of aromatic nitrogens is 1. The first-order chi connectivity index (χ1) is 8.24. The average Bonchev–Trinajstić information content (AvgIpc) is 2.63. The zero-order chi connectivity index (χ0) is 12.3. The maximum Gasteiger partial charge on any atom is 0.0624 e. The van der Waals surface area contributed by atoms with Gasteiger partial charge >= 0.3 is 0 Å². The van der Waals surface area contributed by atoms with Gasteiger partial charge in [-0.15, -0.1) is 0 Å². The number of benzene rings is 1. The minimum absolute atomic E-state index is 1.06. The predicted molar refractivity (Wildman–Crippen MR) is 77.5 cm³/mol. The number of aryl methyl sites for hydroxylation is 2. The van der Waals surface area contributed by atoms with Gasteiger partial charge in [0.1, 0.15) is 0 Å². The number of rotatable bonds is 5. The minimum atomic E-state index is 1.06. The molecular formula is C14H19BrN2. The van der Waals surface area contributed by atoms with E-state index in [0.717, 1.165) is 19.5 Å². The summed E-state index contributed by atoms with van der Waals surface area (Å²) in [6.07, 6.45) is 4.58. The van der Waals surface area contributed by atoms with E-state index in [4.69, 9.17) is 0 Å². The molecule has 2 rings (SSSR count). The molecule has 2 nitrogen and oxygen atoms in total. The number of nitrogens with zero attached hydrogens (tertiary/aromatic N) is 1. The quantitative estimate of drug-likeness (QED) is 0.836. The summed E-state index contributed by atoms with van der Waals surface area (Å²) in [7, 11) is 2.11. The summed E-state index contributed by atoms with van der Waals surface area (Å²) < 4.78 is 3.39. The zero-order valence-electron chi connectivity index (χ0n) is 10.5. The number of hydrogen-bond donors (Lipinski definition) is 1. The molecule has 0 bridgehead atoms. The minimum Gasteiger partial charge on any atom is -0.349 e. The van der Waals surface area contributed by atoms with Crippen molar-refractivity contribution in [2.45, 2.75) is 19.8 Å². The fourth-order valence-corrected chi connectivity index (χ4v) is 2.93. The lowest BCUT2D eigenvalue weighted by atomic mass is 10.1. The van der Waals surface area contributed by atoms with Crippen molar-refractivity contribution >= 4 is 26.8 Å². The Kier molecular flexibility index (Phi) is 4.24. The van der Waals surface area contributed by atoms with Crippen molar-refractivity contribution in [1.29, 1.82) is 0 Å². The molecule has 17 heavy (non-hydrogen) atoms. The number of fused-ring (bicyclic) bond motifs is 1. The third kappa shape index (κ3) is 2.72. The molecule has 1 heterocycles. The molecule has 0 aliphatic rings. The molecule has 0 saturated carbocycles. The SMILES string of the molecule is CCNCCCc1cn(C)c2c(Br)cccc12. The summed E-state index contributed by atoms with van der Waals surface area (Å²) >= 11 is 3.62. The van der Waals surface area contributed by atoms with Gasteiger partial charge in [0.15, 0.2) is 0 Å². The van der Waals surface area contributed by atoms with Crippen molar-refractivity contribution in [2.75, 3.05) is 13.1 Å². The second-order valence-electron chi connectivity index (χ2n) is 4.36. The molecule has 0 aliphatic carbocycles. The molecular weight excluding hydrogens is 276 g/mol. The van der Waals surface area contributed by atoms with Crippen LogP contribution in [0, 0.1) is 0 Å². The molecule has 0 saturated heterocycles. The first-order valence-corrected chi connectivity index (χ1v) is 6.96. The van der Waals surface area contributed by atoms with E-state index >= 15 is 0 Å². The van der Waals surface area contributed by atoms with Crippen LogP contribution in [0.3, 0.4) is 0 Å². The highest BCUT2D eigenvalue weighted by Gasteiger charge is 2.08. The highest BCUT2D eigenvalue weighted by atomic mass is 79.9. The van der Waals surface area contributed by atoms with Crippen LogP contribution in [0.2, 0.25) is 0 Å². The van der Waals surface area contributed by atoms with Crippen molar-refractivity contribution in [2.24, 2.45) is 7.05 Å². The van der Waals surface area contributed by atoms with Gasteiger partial charge in [0.05, 0.1) is 5.52 Å². The van der Waals surface area contributed by atoms with Gasteiger partial charge in [-0.2, -0.15) is 0 Å². The molecule has 0 amide bonds. The van der Waals surface area contributed by atoms with Crippen molar-refractivity contribution in [1.82, 2.24) is 9.88 Å². The van der Waals surface area contributed by atoms with Crippen molar-refractivity contribution in [3.05, 3.63) is 34.4 Å². The summed E-state index contributed by atoms with van der Waals surface area (Å²) in [6.45, 7) is 4.30. The molecule has 0 spiro atoms. The topological polar surface area (TPSA) is 17.0 Å². The molecule has 1 N–H and O–H groups in total. The Labute approximate surface area is 111 Å². The van der Waals surface area contributed by atoms with Crippen molar-refractivity contribution < 1.29 is 0 Å². The van der Waals surface area contributed by atoms with Crippen molar-refractivity contribution in [3.63, 3.8) is 0 Å². The van der Waals surface area contributed by atoms with Crippen LogP contribution >= 0.6 is 15.9 Å². The fourth-order valence-electron chi connectivity index (χ4n) is 2.28. The van der Waals surface area contributed by atoms with E-state index in [1.807, 2.05) is 0 Å². The Morgan fingerprint density at radius 3 is 2.94 bits per heavy atom. The summed E-state index contributed by atoms with van der Waals surface area (Å²) in [5.74, 6) is 0. The number of nitrogens with one attached hydrogen (secondary N) is 1. The van der Waals surface area contributed by atoms with Crippen LogP contribution in [0.15, 0.2) is 28.9 Å². The first-order valence-electron chi connectivity index (χ1n) is 6.17. The molecule has 0 radical (unpaired) electrons. The van der Waals surface area contributed by atoms with Crippen LogP contribution in [0.5, 0.6) is 0 Å². The number of para-hydroxylation sites is 1. The normalized spacial score (nSPS) is 11.2. The summed E-state index contributed by atoms with van der Waals surface area (Å²) in [6, 6.07) is 6.42. The third-order valence-corrected chi connectivity index (χ3v) is 3.72. The maximum absolute atomic E-state index is 3.62. The third-order valence-electron chi connectivity index (χ3n) is 3.08. The van der Waals surface area contributed by atoms with E-state index in [0.29, 0.717) is 0 Å². The van der Waals surface area contributed by atoms with E-state index in [1.165, 1.54) is 27.4 Å². The van der Waals surface area contributed by atoms with E-state index in [-0.39, 0.29) is 0 Å². The van der Waals surface area contributed by atoms with E-state index in [1.54, 1.807) is 0 Å². The van der Waals surface area contributed by atoms with Gasteiger partial charge in [0.2, 0.25) is 0 Å². The van der Waals surface area contributed by atoms with Gasteiger partial charge in [-0.1, -0.05) is 19.1 Å². The van der Waals surface area contributed by atoms with E-state index in [2.05, 4.69) is 64.2 Å². The molecule has 0 aliphatic heterocycles. The second kappa shape index (κ2) is 5.69. The Hall–Kier alpha value is -0.800. The lowest BCUT2D eigenvalue weighted by Gasteiger charge is -2.01. The first kappa shape index (κ1) is 12.7. The van der Waals surface area contributed by atoms with Crippen LogP contribution in [0.1, 0.15) is 18.9 Å². The maximum atomic E-state index is 3.62. The molecule has 1 aromatic carbocycles. The highest BCUT2D eigenvalue weighted by Crippen LogP contribution is 2.28. The lowest BCUT2D eigenvalue weighted by molar-refractivity contribution is 0.673. The Morgan fingerprint density at radius 1 is 1.35 bits per heavy atom.